The molecule has 1 unspecified atom stereocenters. The Balaban J connectivity index is 1.79. The van der Waals surface area contributed by atoms with Crippen LogP contribution in [-0.4, -0.2) is 25.2 Å². The van der Waals surface area contributed by atoms with Crippen molar-refractivity contribution in [2.24, 2.45) is 0 Å². The first-order valence-electron chi connectivity index (χ1n) is 9.24. The summed E-state index contributed by atoms with van der Waals surface area (Å²) >= 11 is 0. The third kappa shape index (κ3) is 5.51. The monoisotopic (exact) mass is 355 g/mol. The van der Waals surface area contributed by atoms with Crippen molar-refractivity contribution in [3.05, 3.63) is 59.2 Å². The minimum Gasteiger partial charge on any atom is -0.494 e. The summed E-state index contributed by atoms with van der Waals surface area (Å²) in [5.41, 5.74) is 3.39. The zero-order valence-electron chi connectivity index (χ0n) is 16.2. The van der Waals surface area contributed by atoms with Crippen LogP contribution in [0.3, 0.4) is 0 Å². The lowest BCUT2D eigenvalue weighted by Crippen LogP contribution is -2.37. The molecule has 0 aliphatic carbocycles. The Kier molecular flexibility index (Phi) is 7.52. The molecule has 140 valence electrons. The van der Waals surface area contributed by atoms with Crippen LogP contribution in [0, 0.1) is 13.8 Å². The number of hydrogen-bond donors (Lipinski definition) is 1. The highest BCUT2D eigenvalue weighted by Crippen LogP contribution is 2.22. The van der Waals surface area contributed by atoms with E-state index in [1.54, 1.807) is 6.92 Å². The fraction of sp³-hybridized carbons (Fsp3) is 0.409. The molecule has 1 atom stereocenters. The molecule has 0 spiro atoms. The first-order chi connectivity index (χ1) is 12.5. The molecule has 0 saturated heterocycles. The van der Waals surface area contributed by atoms with E-state index in [-0.39, 0.29) is 5.91 Å². The lowest BCUT2D eigenvalue weighted by molar-refractivity contribution is -0.127. The van der Waals surface area contributed by atoms with Gasteiger partial charge in [0, 0.05) is 6.54 Å². The molecule has 0 saturated carbocycles. The van der Waals surface area contributed by atoms with Crippen LogP contribution in [0.2, 0.25) is 0 Å². The van der Waals surface area contributed by atoms with Crippen LogP contribution in [0.1, 0.15) is 37.0 Å². The molecule has 0 aromatic heterocycles. The maximum Gasteiger partial charge on any atom is 0.260 e. The van der Waals surface area contributed by atoms with Crippen LogP contribution in [0.4, 0.5) is 0 Å². The second-order valence-corrected chi connectivity index (χ2v) is 6.39. The van der Waals surface area contributed by atoms with E-state index in [2.05, 4.69) is 11.4 Å². The fourth-order valence-corrected chi connectivity index (χ4v) is 2.74. The van der Waals surface area contributed by atoms with Gasteiger partial charge in [0.25, 0.3) is 5.91 Å². The Labute approximate surface area is 156 Å². The summed E-state index contributed by atoms with van der Waals surface area (Å²) in [6, 6.07) is 13.9. The third-order valence-electron chi connectivity index (χ3n) is 4.42. The number of para-hydroxylation sites is 1. The van der Waals surface area contributed by atoms with Crippen molar-refractivity contribution in [3.8, 4) is 11.5 Å². The fourth-order valence-electron chi connectivity index (χ4n) is 2.74. The molecular weight excluding hydrogens is 326 g/mol. The molecule has 0 fully saturated rings. The van der Waals surface area contributed by atoms with Gasteiger partial charge in [0.1, 0.15) is 11.5 Å². The number of benzene rings is 2. The molecule has 4 heteroatoms. The van der Waals surface area contributed by atoms with Gasteiger partial charge in [-0.15, -0.1) is 0 Å². The number of carbonyl (C=O) groups excluding carboxylic acids is 1. The van der Waals surface area contributed by atoms with Gasteiger partial charge in [-0.3, -0.25) is 4.79 Å². The van der Waals surface area contributed by atoms with Gasteiger partial charge < -0.3 is 14.8 Å². The molecular formula is C22H29NO3. The molecule has 0 bridgehead atoms. The van der Waals surface area contributed by atoms with Crippen molar-refractivity contribution in [2.75, 3.05) is 13.2 Å². The summed E-state index contributed by atoms with van der Waals surface area (Å²) in [7, 11) is 0. The zero-order valence-corrected chi connectivity index (χ0v) is 16.2. The van der Waals surface area contributed by atoms with Gasteiger partial charge in [0.15, 0.2) is 6.10 Å². The van der Waals surface area contributed by atoms with Crippen molar-refractivity contribution in [2.45, 2.75) is 46.6 Å². The highest BCUT2D eigenvalue weighted by Gasteiger charge is 2.15. The van der Waals surface area contributed by atoms with Crippen LogP contribution in [-0.2, 0) is 11.2 Å². The third-order valence-corrected chi connectivity index (χ3v) is 4.42. The average Bonchev–Trinajstić information content (AvgIpc) is 2.63. The molecule has 0 aliphatic heterocycles. The van der Waals surface area contributed by atoms with E-state index in [0.29, 0.717) is 13.2 Å². The molecule has 2 rings (SSSR count). The number of carbonyl (C=O) groups is 1. The number of aryl methyl sites for hydroxylation is 2. The quantitative estimate of drug-likeness (QED) is 0.685. The van der Waals surface area contributed by atoms with Gasteiger partial charge in [-0.2, -0.15) is 0 Å². The van der Waals surface area contributed by atoms with Crippen molar-refractivity contribution in [1.29, 1.82) is 0 Å². The van der Waals surface area contributed by atoms with E-state index < -0.39 is 6.10 Å². The van der Waals surface area contributed by atoms with Gasteiger partial charge >= 0.3 is 0 Å². The zero-order chi connectivity index (χ0) is 18.9. The number of rotatable bonds is 9. The molecule has 4 nitrogen and oxygen atoms in total. The van der Waals surface area contributed by atoms with Crippen molar-refractivity contribution in [3.63, 3.8) is 0 Å². The summed E-state index contributed by atoms with van der Waals surface area (Å²) in [6.45, 7) is 9.06. The predicted molar refractivity (Wildman–Crippen MR) is 105 cm³/mol. The van der Waals surface area contributed by atoms with Gasteiger partial charge in [-0.05, 0) is 69.4 Å². The topological polar surface area (TPSA) is 47.6 Å². The largest absolute Gasteiger partial charge is 0.494 e. The van der Waals surface area contributed by atoms with Gasteiger partial charge in [0.05, 0.1) is 6.61 Å². The van der Waals surface area contributed by atoms with Crippen LogP contribution in [0.5, 0.6) is 11.5 Å². The van der Waals surface area contributed by atoms with Gasteiger partial charge in [0.2, 0.25) is 0 Å². The SMILES string of the molecule is CCOc1ccccc1CCCNC(=O)C(C)Oc1cccc(C)c1C. The highest BCUT2D eigenvalue weighted by molar-refractivity contribution is 5.80. The lowest BCUT2D eigenvalue weighted by Gasteiger charge is -2.17. The minimum absolute atomic E-state index is 0.0935. The van der Waals surface area contributed by atoms with E-state index in [0.717, 1.165) is 35.5 Å². The smallest absolute Gasteiger partial charge is 0.260 e. The summed E-state index contributed by atoms with van der Waals surface area (Å²) < 4.78 is 11.5. The first kappa shape index (κ1) is 19.8. The van der Waals surface area contributed by atoms with Crippen LogP contribution in [0.15, 0.2) is 42.5 Å². The summed E-state index contributed by atoms with van der Waals surface area (Å²) in [6.07, 6.45) is 1.19. The average molecular weight is 355 g/mol. The number of amides is 1. The maximum atomic E-state index is 12.3. The molecule has 1 amide bonds. The molecule has 26 heavy (non-hydrogen) atoms. The van der Waals surface area contributed by atoms with Crippen LogP contribution in [0.25, 0.3) is 0 Å². The van der Waals surface area contributed by atoms with Crippen LogP contribution < -0.4 is 14.8 Å². The number of ether oxygens (including phenoxy) is 2. The Bertz CT molecular complexity index is 727. The predicted octanol–water partition coefficient (Wildman–Crippen LogP) is 4.22. The van der Waals surface area contributed by atoms with Gasteiger partial charge in [-0.25, -0.2) is 0 Å². The lowest BCUT2D eigenvalue weighted by atomic mass is 10.1. The van der Waals surface area contributed by atoms with Crippen LogP contribution >= 0.6 is 0 Å². The second kappa shape index (κ2) is 9.85. The molecule has 2 aromatic carbocycles. The molecule has 0 heterocycles. The second-order valence-electron chi connectivity index (χ2n) is 6.39. The standard InChI is InChI=1S/C22H29NO3/c1-5-25-21-13-7-6-11-19(21)12-9-15-23-22(24)18(4)26-20-14-8-10-16(2)17(20)3/h6-8,10-11,13-14,18H,5,9,12,15H2,1-4H3,(H,23,24). The summed E-state index contributed by atoms with van der Waals surface area (Å²) in [5.74, 6) is 1.59. The van der Waals surface area contributed by atoms with E-state index in [9.17, 15) is 4.79 Å². The van der Waals surface area contributed by atoms with Crippen molar-refractivity contribution in [1.82, 2.24) is 5.32 Å². The number of hydrogen-bond acceptors (Lipinski definition) is 3. The van der Waals surface area contributed by atoms with E-state index in [1.165, 1.54) is 5.56 Å². The van der Waals surface area contributed by atoms with Crippen molar-refractivity contribution < 1.29 is 14.3 Å². The van der Waals surface area contributed by atoms with Crippen molar-refractivity contribution >= 4 is 5.91 Å². The van der Waals surface area contributed by atoms with E-state index in [4.69, 9.17) is 9.47 Å². The molecule has 0 aliphatic rings. The molecule has 1 N–H and O–H groups in total. The molecule has 0 radical (unpaired) electrons. The molecule has 2 aromatic rings. The van der Waals surface area contributed by atoms with E-state index >= 15 is 0 Å². The Morgan fingerprint density at radius 1 is 1.08 bits per heavy atom. The number of nitrogens with one attached hydrogen (secondary N) is 1. The van der Waals surface area contributed by atoms with E-state index in [1.807, 2.05) is 57.2 Å². The summed E-state index contributed by atoms with van der Waals surface area (Å²) in [4.78, 5) is 12.3. The Morgan fingerprint density at radius 2 is 1.81 bits per heavy atom. The maximum absolute atomic E-state index is 12.3. The Morgan fingerprint density at radius 3 is 2.58 bits per heavy atom. The van der Waals surface area contributed by atoms with Gasteiger partial charge in [-0.1, -0.05) is 30.3 Å². The minimum atomic E-state index is -0.522. The highest BCUT2D eigenvalue weighted by atomic mass is 16.5. The first-order valence-corrected chi connectivity index (χ1v) is 9.24. The Hall–Kier alpha value is -2.49. The normalized spacial score (nSPS) is 11.7. The summed E-state index contributed by atoms with van der Waals surface area (Å²) in [5, 5.41) is 2.95.